The van der Waals surface area contributed by atoms with Crippen LogP contribution in [0.3, 0.4) is 0 Å². The Labute approximate surface area is 169 Å². The zero-order valence-electron chi connectivity index (χ0n) is 15.5. The van der Waals surface area contributed by atoms with E-state index in [0.717, 1.165) is 34.4 Å². The summed E-state index contributed by atoms with van der Waals surface area (Å²) in [5, 5.41) is -0.283. The topological polar surface area (TPSA) is 42.3 Å². The van der Waals surface area contributed by atoms with Crippen molar-refractivity contribution in [3.8, 4) is 5.69 Å². The number of amides is 2. The second kappa shape index (κ2) is 7.21. The van der Waals surface area contributed by atoms with Gasteiger partial charge in [0.1, 0.15) is 7.85 Å². The summed E-state index contributed by atoms with van der Waals surface area (Å²) >= 11 is 0.966. The molecular formula is C22H17BN2O2S. The van der Waals surface area contributed by atoms with Crippen LogP contribution in [0.25, 0.3) is 11.8 Å². The predicted octanol–water partition coefficient (Wildman–Crippen LogP) is 4.13. The van der Waals surface area contributed by atoms with Gasteiger partial charge in [-0.05, 0) is 67.6 Å². The smallest absolute Gasteiger partial charge is 0.298 e. The van der Waals surface area contributed by atoms with Gasteiger partial charge in [0.05, 0.1) is 10.6 Å². The molecule has 0 unspecified atom stereocenters. The first-order valence-electron chi connectivity index (χ1n) is 8.83. The molecule has 0 saturated carbocycles. The Morgan fingerprint density at radius 2 is 1.61 bits per heavy atom. The van der Waals surface area contributed by atoms with Crippen LogP contribution in [0.5, 0.6) is 0 Å². The van der Waals surface area contributed by atoms with Crippen molar-refractivity contribution in [1.29, 1.82) is 0 Å². The molecule has 2 heterocycles. The van der Waals surface area contributed by atoms with Crippen LogP contribution in [0.15, 0.2) is 65.6 Å². The molecule has 1 aliphatic heterocycles. The van der Waals surface area contributed by atoms with Crippen LogP contribution >= 0.6 is 11.8 Å². The Kier molecular flexibility index (Phi) is 4.73. The first-order valence-corrected chi connectivity index (χ1v) is 9.65. The van der Waals surface area contributed by atoms with Gasteiger partial charge in [0, 0.05) is 17.1 Å². The summed E-state index contributed by atoms with van der Waals surface area (Å²) < 4.78 is 2.10. The van der Waals surface area contributed by atoms with Crippen LogP contribution in [0.4, 0.5) is 10.5 Å². The van der Waals surface area contributed by atoms with E-state index in [-0.39, 0.29) is 11.1 Å². The molecule has 1 saturated heterocycles. The van der Waals surface area contributed by atoms with Crippen LogP contribution in [-0.2, 0) is 4.79 Å². The van der Waals surface area contributed by atoms with Gasteiger partial charge in [-0.15, -0.1) is 0 Å². The highest BCUT2D eigenvalue weighted by Crippen LogP contribution is 2.36. The van der Waals surface area contributed by atoms with Crippen molar-refractivity contribution in [2.45, 2.75) is 13.8 Å². The maximum Gasteiger partial charge on any atom is 0.298 e. The summed E-state index contributed by atoms with van der Waals surface area (Å²) in [5.74, 6) is -0.293. The second-order valence-electron chi connectivity index (χ2n) is 6.61. The number of carbonyl (C=O) groups is 2. The number of hydrogen-bond acceptors (Lipinski definition) is 3. The highest BCUT2D eigenvalue weighted by Gasteiger charge is 2.36. The summed E-state index contributed by atoms with van der Waals surface area (Å²) in [7, 11) is 5.79. The molecule has 136 valence electrons. The predicted molar refractivity (Wildman–Crippen MR) is 116 cm³/mol. The minimum Gasteiger partial charge on any atom is -0.318 e. The fourth-order valence-electron chi connectivity index (χ4n) is 3.36. The third kappa shape index (κ3) is 3.20. The standard InChI is InChI=1S/C22H17BN2O2S/c1-14-12-16(15(2)24(14)19-10-8-17(23)9-11-19)13-20-21(26)25(22(27)28-20)18-6-4-3-5-7-18/h3-13H,1-2H3. The molecular weight excluding hydrogens is 367 g/mol. The number of thioether (sulfide) groups is 1. The van der Waals surface area contributed by atoms with Gasteiger partial charge in [-0.25, -0.2) is 4.90 Å². The number of aryl methyl sites for hydroxylation is 1. The lowest BCUT2D eigenvalue weighted by atomic mass is 9.96. The maximum absolute atomic E-state index is 12.8. The van der Waals surface area contributed by atoms with Crippen LogP contribution < -0.4 is 10.4 Å². The number of anilines is 1. The van der Waals surface area contributed by atoms with E-state index in [2.05, 4.69) is 4.57 Å². The molecule has 3 aromatic rings. The van der Waals surface area contributed by atoms with Crippen molar-refractivity contribution in [2.75, 3.05) is 4.90 Å². The van der Waals surface area contributed by atoms with E-state index < -0.39 is 0 Å². The van der Waals surface area contributed by atoms with Crippen molar-refractivity contribution in [1.82, 2.24) is 4.57 Å². The average molecular weight is 384 g/mol. The van der Waals surface area contributed by atoms with Crippen molar-refractivity contribution in [3.05, 3.63) is 82.5 Å². The van der Waals surface area contributed by atoms with E-state index in [1.807, 2.05) is 62.4 Å². The minimum absolute atomic E-state index is 0.283. The van der Waals surface area contributed by atoms with Gasteiger partial charge in [0.15, 0.2) is 0 Å². The Bertz CT molecular complexity index is 1100. The molecule has 2 aromatic carbocycles. The number of carbonyl (C=O) groups excluding carboxylic acids is 2. The summed E-state index contributed by atoms with van der Waals surface area (Å²) in [4.78, 5) is 26.9. The van der Waals surface area contributed by atoms with E-state index in [9.17, 15) is 9.59 Å². The van der Waals surface area contributed by atoms with Gasteiger partial charge in [-0.2, -0.15) is 0 Å². The van der Waals surface area contributed by atoms with E-state index in [4.69, 9.17) is 7.85 Å². The molecule has 6 heteroatoms. The Hall–Kier alpha value is -2.99. The average Bonchev–Trinajstić information content (AvgIpc) is 3.12. The summed E-state index contributed by atoms with van der Waals surface area (Å²) in [6.07, 6.45) is 1.80. The molecule has 4 rings (SSSR count). The number of para-hydroxylation sites is 1. The van der Waals surface area contributed by atoms with E-state index in [1.165, 1.54) is 4.90 Å². The molecule has 1 aromatic heterocycles. The quantitative estimate of drug-likeness (QED) is 0.504. The van der Waals surface area contributed by atoms with Crippen molar-refractivity contribution >= 4 is 48.0 Å². The van der Waals surface area contributed by atoms with Gasteiger partial charge in [-0.3, -0.25) is 9.59 Å². The molecule has 0 aliphatic carbocycles. The molecule has 1 fully saturated rings. The normalized spacial score (nSPS) is 15.6. The van der Waals surface area contributed by atoms with E-state index in [1.54, 1.807) is 18.2 Å². The van der Waals surface area contributed by atoms with Crippen LogP contribution in [0.2, 0.25) is 0 Å². The van der Waals surface area contributed by atoms with E-state index >= 15 is 0 Å². The first-order chi connectivity index (χ1) is 13.5. The van der Waals surface area contributed by atoms with Crippen molar-refractivity contribution in [2.24, 2.45) is 0 Å². The first kappa shape index (κ1) is 18.4. The fourth-order valence-corrected chi connectivity index (χ4v) is 4.20. The summed E-state index contributed by atoms with van der Waals surface area (Å²) in [6.45, 7) is 4.01. The molecule has 0 N–H and O–H groups in total. The van der Waals surface area contributed by atoms with Gasteiger partial charge in [-0.1, -0.05) is 35.8 Å². The highest BCUT2D eigenvalue weighted by molar-refractivity contribution is 8.19. The van der Waals surface area contributed by atoms with Crippen LogP contribution in [0.1, 0.15) is 17.0 Å². The molecule has 2 amide bonds. The van der Waals surface area contributed by atoms with Crippen molar-refractivity contribution < 1.29 is 9.59 Å². The third-order valence-corrected chi connectivity index (χ3v) is 5.59. The second-order valence-corrected chi connectivity index (χ2v) is 7.60. The summed E-state index contributed by atoms with van der Waals surface area (Å²) in [6, 6.07) is 18.6. The number of nitrogens with zero attached hydrogens (tertiary/aromatic N) is 2. The number of rotatable bonds is 3. The maximum atomic E-state index is 12.8. The highest BCUT2D eigenvalue weighted by atomic mass is 32.2. The Morgan fingerprint density at radius 1 is 0.929 bits per heavy atom. The minimum atomic E-state index is -0.293. The van der Waals surface area contributed by atoms with E-state index in [0.29, 0.717) is 16.1 Å². The third-order valence-electron chi connectivity index (χ3n) is 4.72. The Balaban J connectivity index is 1.70. The molecule has 1 aliphatic rings. The molecule has 0 spiro atoms. The Morgan fingerprint density at radius 3 is 2.29 bits per heavy atom. The van der Waals surface area contributed by atoms with Gasteiger partial charge in [0.25, 0.3) is 11.1 Å². The van der Waals surface area contributed by atoms with Gasteiger partial charge < -0.3 is 4.57 Å². The lowest BCUT2D eigenvalue weighted by Gasteiger charge is -2.11. The van der Waals surface area contributed by atoms with Crippen molar-refractivity contribution in [3.63, 3.8) is 0 Å². The zero-order chi connectivity index (χ0) is 19.8. The number of aromatic nitrogens is 1. The number of benzene rings is 2. The lowest BCUT2D eigenvalue weighted by molar-refractivity contribution is -0.113. The summed E-state index contributed by atoms with van der Waals surface area (Å²) in [5.41, 5.74) is 5.24. The van der Waals surface area contributed by atoms with Crippen LogP contribution in [0, 0.1) is 13.8 Å². The van der Waals surface area contributed by atoms with Gasteiger partial charge in [0.2, 0.25) is 0 Å². The SMILES string of the molecule is [B]c1ccc(-n2c(C)cc(C=C3SC(=O)N(c4ccccc4)C3=O)c2C)cc1. The molecule has 2 radical (unpaired) electrons. The zero-order valence-corrected chi connectivity index (χ0v) is 16.4. The molecule has 4 nitrogen and oxygen atoms in total. The largest absolute Gasteiger partial charge is 0.318 e. The van der Waals surface area contributed by atoms with Crippen LogP contribution in [-0.4, -0.2) is 23.6 Å². The molecule has 0 atom stereocenters. The number of hydrogen-bond donors (Lipinski definition) is 0. The lowest BCUT2D eigenvalue weighted by Crippen LogP contribution is -2.27. The molecule has 28 heavy (non-hydrogen) atoms. The number of imide groups is 1. The fraction of sp³-hybridized carbons (Fsp3) is 0.0909. The monoisotopic (exact) mass is 384 g/mol. The molecule has 0 bridgehead atoms. The van der Waals surface area contributed by atoms with Gasteiger partial charge >= 0.3 is 0 Å².